The topological polar surface area (TPSA) is 115 Å². The molecule has 15 heteroatoms. The number of carbonyl (C=O) groups excluding carboxylic acids is 1. The normalized spacial score (nSPS) is 11.6. The molecule has 0 aliphatic carbocycles. The van der Waals surface area contributed by atoms with Crippen LogP contribution in [-0.4, -0.2) is 79.5 Å². The Morgan fingerprint density at radius 3 is 2.09 bits per heavy atom. The number of halogens is 5. The third kappa shape index (κ3) is 11.5. The number of carboxylic acid groups (broad SMARTS) is 1. The maximum Gasteiger partial charge on any atom is 0.305 e. The van der Waals surface area contributed by atoms with Gasteiger partial charge in [-0.05, 0) is 55.7 Å². The molecule has 2 aromatic carbocycles. The fourth-order valence-electron chi connectivity index (χ4n) is 5.31. The quantitative estimate of drug-likeness (QED) is 0.0781. The van der Waals surface area contributed by atoms with Gasteiger partial charge in [0, 0.05) is 82.5 Å². The number of esters is 1. The van der Waals surface area contributed by atoms with Crippen LogP contribution in [0.15, 0.2) is 36.4 Å². The number of anilines is 2. The number of alkyl halides is 3. The Labute approximate surface area is 302 Å². The average molecular weight is 753 g/mol. The summed E-state index contributed by atoms with van der Waals surface area (Å²) in [6.07, 6.45) is 3.40. The highest BCUT2D eigenvalue weighted by Gasteiger charge is 2.14. The molecule has 0 fully saturated rings. The number of rotatable bonds is 19. The largest absolute Gasteiger partial charge is 0.481 e. The van der Waals surface area contributed by atoms with Crippen LogP contribution in [0.1, 0.15) is 43.8 Å². The molecule has 260 valence electrons. The van der Waals surface area contributed by atoms with Crippen molar-refractivity contribution in [2.75, 3.05) is 48.2 Å². The number of imidazole rings is 2. The number of carboxylic acids is 1. The molecule has 2 heterocycles. The summed E-state index contributed by atoms with van der Waals surface area (Å²) in [5.74, 6) is 1.77. The van der Waals surface area contributed by atoms with E-state index in [9.17, 15) is 9.59 Å². The summed E-state index contributed by atoms with van der Waals surface area (Å²) in [5, 5.41) is 12.0. The van der Waals surface area contributed by atoms with Gasteiger partial charge in [-0.1, -0.05) is 0 Å². The van der Waals surface area contributed by atoms with Gasteiger partial charge in [-0.3, -0.25) is 9.59 Å². The number of ether oxygens (including phenoxy) is 1. The Morgan fingerprint density at radius 2 is 1.49 bits per heavy atom. The molecule has 2 N–H and O–H groups in total. The van der Waals surface area contributed by atoms with Crippen molar-refractivity contribution in [3.05, 3.63) is 48.0 Å². The summed E-state index contributed by atoms with van der Waals surface area (Å²) >= 11 is 18.4. The second-order valence-electron chi connectivity index (χ2n) is 11.0. The monoisotopic (exact) mass is 750 g/mol. The molecule has 0 aliphatic rings. The first-order valence-corrected chi connectivity index (χ1v) is 16.7. The molecular formula is C32H43Cl5N6O4. The Bertz CT molecular complexity index is 1590. The number of nitrogens with zero attached hydrogens (tertiary/aromatic N) is 5. The van der Waals surface area contributed by atoms with Gasteiger partial charge >= 0.3 is 11.9 Å². The summed E-state index contributed by atoms with van der Waals surface area (Å²) in [4.78, 5) is 34.8. The van der Waals surface area contributed by atoms with Crippen LogP contribution in [0.5, 0.6) is 0 Å². The second-order valence-corrected chi connectivity index (χ2v) is 12.4. The van der Waals surface area contributed by atoms with Crippen LogP contribution in [0.25, 0.3) is 22.1 Å². The summed E-state index contributed by atoms with van der Waals surface area (Å²) < 4.78 is 9.51. The first-order chi connectivity index (χ1) is 21.7. The number of benzene rings is 2. The molecule has 0 spiro atoms. The Kier molecular flexibility index (Phi) is 17.3. The van der Waals surface area contributed by atoms with Gasteiger partial charge in [0.25, 0.3) is 0 Å². The molecule has 10 nitrogen and oxygen atoms in total. The van der Waals surface area contributed by atoms with Crippen molar-refractivity contribution in [1.29, 1.82) is 0 Å². The van der Waals surface area contributed by atoms with E-state index in [1.54, 1.807) is 0 Å². The second kappa shape index (κ2) is 20.0. The number of aliphatic carboxylic acids is 1. The maximum absolute atomic E-state index is 12.4. The number of hydrogen-bond acceptors (Lipinski definition) is 7. The third-order valence-electron chi connectivity index (χ3n) is 7.80. The van der Waals surface area contributed by atoms with Gasteiger partial charge in [0.05, 0.1) is 34.1 Å². The minimum atomic E-state index is -0.801. The van der Waals surface area contributed by atoms with Gasteiger partial charge in [0.15, 0.2) is 0 Å². The minimum absolute atomic E-state index is 0. The van der Waals surface area contributed by atoms with E-state index in [2.05, 4.69) is 38.0 Å². The van der Waals surface area contributed by atoms with E-state index in [1.807, 2.05) is 36.9 Å². The Hall–Kier alpha value is -2.63. The lowest BCUT2D eigenvalue weighted by Crippen LogP contribution is -2.27. The highest BCUT2D eigenvalue weighted by atomic mass is 35.5. The fraction of sp³-hybridized carbons (Fsp3) is 0.500. The van der Waals surface area contributed by atoms with Gasteiger partial charge in [-0.25, -0.2) is 9.97 Å². The zero-order chi connectivity index (χ0) is 32.3. The van der Waals surface area contributed by atoms with Gasteiger partial charge in [-0.15, -0.1) is 59.6 Å². The molecule has 47 heavy (non-hydrogen) atoms. The Balaban J connectivity index is 0.00000384. The number of aromatic nitrogens is 4. The van der Waals surface area contributed by atoms with Crippen molar-refractivity contribution in [3.8, 4) is 0 Å². The lowest BCUT2D eigenvalue weighted by molar-refractivity contribution is -0.143. The van der Waals surface area contributed by atoms with E-state index in [-0.39, 0.29) is 49.2 Å². The molecule has 1 atom stereocenters. The molecule has 0 bridgehead atoms. The summed E-state index contributed by atoms with van der Waals surface area (Å²) in [6.45, 7) is 2.19. The number of carbonyl (C=O) groups is 2. The highest BCUT2D eigenvalue weighted by Crippen LogP contribution is 2.24. The predicted molar refractivity (Wildman–Crippen MR) is 197 cm³/mol. The van der Waals surface area contributed by atoms with Crippen molar-refractivity contribution in [2.24, 2.45) is 14.1 Å². The van der Waals surface area contributed by atoms with Crippen LogP contribution >= 0.6 is 59.6 Å². The van der Waals surface area contributed by atoms with Gasteiger partial charge in [0.1, 0.15) is 11.6 Å². The maximum atomic E-state index is 12.4. The van der Waals surface area contributed by atoms with Crippen LogP contribution in [0, 0.1) is 0 Å². The minimum Gasteiger partial charge on any atom is -0.481 e. The third-order valence-corrected chi connectivity index (χ3v) is 8.51. The highest BCUT2D eigenvalue weighted by molar-refractivity contribution is 6.21. The molecule has 0 radical (unpaired) electrons. The smallest absolute Gasteiger partial charge is 0.305 e. The number of aryl methyl sites for hydroxylation is 4. The Morgan fingerprint density at radius 1 is 0.915 bits per heavy atom. The van der Waals surface area contributed by atoms with E-state index in [0.717, 1.165) is 45.1 Å². The van der Waals surface area contributed by atoms with Crippen molar-refractivity contribution < 1.29 is 19.4 Å². The average Bonchev–Trinajstić information content (AvgIpc) is 3.50. The fourth-order valence-corrected chi connectivity index (χ4v) is 5.88. The van der Waals surface area contributed by atoms with Gasteiger partial charge in [0.2, 0.25) is 0 Å². The van der Waals surface area contributed by atoms with E-state index in [4.69, 9.17) is 49.6 Å². The van der Waals surface area contributed by atoms with Crippen molar-refractivity contribution in [2.45, 2.75) is 50.3 Å². The molecule has 0 amide bonds. The molecule has 4 rings (SSSR count). The molecule has 0 aliphatic heterocycles. The first kappa shape index (κ1) is 40.5. The zero-order valence-electron chi connectivity index (χ0n) is 26.6. The van der Waals surface area contributed by atoms with Crippen molar-refractivity contribution >= 4 is 105 Å². The van der Waals surface area contributed by atoms with Gasteiger partial charge in [-0.2, -0.15) is 0 Å². The predicted octanol–water partition coefficient (Wildman–Crippen LogP) is 6.97. The summed E-state index contributed by atoms with van der Waals surface area (Å²) in [7, 11) is 3.93. The van der Waals surface area contributed by atoms with Crippen molar-refractivity contribution in [3.63, 3.8) is 0 Å². The molecule has 0 saturated heterocycles. The van der Waals surface area contributed by atoms with Gasteiger partial charge < -0.3 is 29.2 Å². The van der Waals surface area contributed by atoms with Crippen LogP contribution in [-0.2, 0) is 41.3 Å². The first-order valence-electron chi connectivity index (χ1n) is 15.2. The molecule has 1 unspecified atom stereocenters. The number of nitrogens with one attached hydrogen (secondary N) is 1. The van der Waals surface area contributed by atoms with Crippen LogP contribution < -0.4 is 10.2 Å². The molecule has 0 saturated carbocycles. The summed E-state index contributed by atoms with van der Waals surface area (Å²) in [6, 6.07) is 12.1. The molecule has 4 aromatic rings. The van der Waals surface area contributed by atoms with E-state index < -0.39 is 5.97 Å². The molecular weight excluding hydrogens is 710 g/mol. The molecule has 2 aromatic heterocycles. The number of fused-ring (bicyclic) bond motifs is 2. The van der Waals surface area contributed by atoms with E-state index in [0.29, 0.717) is 69.9 Å². The van der Waals surface area contributed by atoms with E-state index in [1.165, 1.54) is 0 Å². The summed E-state index contributed by atoms with van der Waals surface area (Å²) in [5.41, 5.74) is 5.69. The number of hydrogen-bond donors (Lipinski definition) is 2. The van der Waals surface area contributed by atoms with Crippen molar-refractivity contribution in [1.82, 2.24) is 19.1 Å². The SMILES string of the molecule is Cl.Cl.Cn1c(CCCC(=O)O)nc2cc(NCC(Cl)CCOC(=O)CCCc3nc4cc(N(CCCl)CCCl)ccc4n3C)ccc21. The van der Waals surface area contributed by atoms with E-state index >= 15 is 0 Å². The van der Waals surface area contributed by atoms with Crippen LogP contribution in [0.4, 0.5) is 11.4 Å². The lowest BCUT2D eigenvalue weighted by Gasteiger charge is -2.22. The van der Waals surface area contributed by atoms with Crippen LogP contribution in [0.3, 0.4) is 0 Å². The standard InChI is InChI=1S/C32H41Cl3N6O4.2ClH/c1-39-27-11-9-23(19-25(27)37-29(39)5-3-7-31(42)43)36-21-22(35)13-18-45-32(44)8-4-6-30-38-26-20-24(10-12-28(26)40(30)2)41(16-14-33)17-15-34;;/h9-12,19-20,22,36H,3-8,13-18,21H2,1-2H3,(H,42,43);2*1H. The zero-order valence-corrected chi connectivity index (χ0v) is 30.5. The lowest BCUT2D eigenvalue weighted by atomic mass is 10.2. The van der Waals surface area contributed by atoms with Crippen LogP contribution in [0.2, 0.25) is 0 Å².